The molecular formula is C34H49N6O8P. The van der Waals surface area contributed by atoms with E-state index in [1.54, 1.807) is 41.1 Å². The molecule has 5 atom stereocenters. The van der Waals surface area contributed by atoms with Crippen molar-refractivity contribution in [2.75, 3.05) is 25.1 Å². The Labute approximate surface area is 286 Å². The van der Waals surface area contributed by atoms with Gasteiger partial charge in [-0.25, -0.2) is 9.55 Å². The van der Waals surface area contributed by atoms with Gasteiger partial charge in [-0.15, -0.1) is 0 Å². The molecule has 2 aromatic heterocycles. The summed E-state index contributed by atoms with van der Waals surface area (Å²) < 4.78 is 40.0. The van der Waals surface area contributed by atoms with Gasteiger partial charge in [-0.1, -0.05) is 59.2 Å². The summed E-state index contributed by atoms with van der Waals surface area (Å²) in [5.74, 6) is -1.61. The number of nitrogens with zero attached hydrogens (tertiary/aromatic N) is 3. The average molecular weight is 701 g/mol. The van der Waals surface area contributed by atoms with Gasteiger partial charge in [0.05, 0.1) is 30.2 Å². The van der Waals surface area contributed by atoms with Crippen LogP contribution in [0.3, 0.4) is 0 Å². The number of aromatic amines is 1. The molecule has 49 heavy (non-hydrogen) atoms. The first-order chi connectivity index (χ1) is 23.1. The number of nitrogens with one attached hydrogen (secondary N) is 1. The minimum Gasteiger partial charge on any atom is -0.463 e. The van der Waals surface area contributed by atoms with Crippen LogP contribution in [0.15, 0.2) is 47.0 Å². The van der Waals surface area contributed by atoms with E-state index < -0.39 is 42.5 Å². The SMILES string of the molecule is CCC[C@H](C)OC(=O)[C@H](CC(C)C)C[P@](=O)(OC[C@@]1(COC(=O)[C@H](N)C(C)C)C/C1=C/n1cnc2c(=O)[nH]c(N)nc21)Oc1ccccc1. The molecule has 15 heteroatoms. The van der Waals surface area contributed by atoms with E-state index in [1.165, 1.54) is 6.33 Å². The molecule has 2 heterocycles. The van der Waals surface area contributed by atoms with Gasteiger partial charge in [-0.2, -0.15) is 4.98 Å². The number of H-pyrrole nitrogens is 1. The summed E-state index contributed by atoms with van der Waals surface area (Å²) in [6.45, 7) is 11.1. The van der Waals surface area contributed by atoms with E-state index in [9.17, 15) is 18.9 Å². The van der Waals surface area contributed by atoms with Crippen LogP contribution in [0, 0.1) is 23.2 Å². The first-order valence-electron chi connectivity index (χ1n) is 16.7. The Balaban J connectivity index is 1.66. The number of anilines is 1. The van der Waals surface area contributed by atoms with Crippen molar-refractivity contribution in [2.45, 2.75) is 79.4 Å². The molecule has 0 radical (unpaired) electrons. The van der Waals surface area contributed by atoms with E-state index in [4.69, 9.17) is 30.0 Å². The fourth-order valence-corrected chi connectivity index (χ4v) is 7.40. The number of ether oxygens (including phenoxy) is 2. The number of fused-ring (bicyclic) bond motifs is 1. The van der Waals surface area contributed by atoms with Gasteiger partial charge in [-0.05, 0) is 55.7 Å². The lowest BCUT2D eigenvalue weighted by molar-refractivity contribution is -0.153. The second-order valence-corrected chi connectivity index (χ2v) is 15.6. The van der Waals surface area contributed by atoms with Crippen molar-refractivity contribution in [1.29, 1.82) is 0 Å². The zero-order valence-electron chi connectivity index (χ0n) is 29.1. The molecule has 268 valence electrons. The van der Waals surface area contributed by atoms with Crippen molar-refractivity contribution in [1.82, 2.24) is 19.5 Å². The molecule has 1 aliphatic rings. The van der Waals surface area contributed by atoms with Crippen LogP contribution in [0.5, 0.6) is 5.75 Å². The third kappa shape index (κ3) is 10.0. The number of hydrogen-bond donors (Lipinski definition) is 3. The van der Waals surface area contributed by atoms with E-state index in [0.717, 1.165) is 12.0 Å². The minimum absolute atomic E-state index is 0.0720. The van der Waals surface area contributed by atoms with E-state index >= 15 is 0 Å². The minimum atomic E-state index is -4.04. The highest BCUT2D eigenvalue weighted by atomic mass is 31.2. The Morgan fingerprint density at radius 2 is 1.84 bits per heavy atom. The third-order valence-electron chi connectivity index (χ3n) is 8.38. The highest BCUT2D eigenvalue weighted by Gasteiger charge is 2.53. The van der Waals surface area contributed by atoms with Gasteiger partial charge >= 0.3 is 19.5 Å². The molecule has 4 rings (SSSR count). The Morgan fingerprint density at radius 1 is 1.12 bits per heavy atom. The van der Waals surface area contributed by atoms with Crippen LogP contribution < -0.4 is 21.6 Å². The average Bonchev–Trinajstić information content (AvgIpc) is 3.56. The monoisotopic (exact) mass is 700 g/mol. The zero-order valence-corrected chi connectivity index (χ0v) is 30.0. The molecule has 0 saturated heterocycles. The Morgan fingerprint density at radius 3 is 2.49 bits per heavy atom. The second-order valence-electron chi connectivity index (χ2n) is 13.6. The van der Waals surface area contributed by atoms with E-state index in [0.29, 0.717) is 25.0 Å². The van der Waals surface area contributed by atoms with Crippen LogP contribution >= 0.6 is 7.60 Å². The molecule has 3 aromatic rings. The van der Waals surface area contributed by atoms with Gasteiger partial charge in [0.2, 0.25) is 5.95 Å². The standard InChI is InChI=1S/C34H49N6O8P/c1-7-11-23(6)47-31(42)24(14-21(2)3)17-49(44,48-26-12-9-8-10-13-26)46-19-34(18-45-32(43)27(35)22(4)5)15-25(34)16-40-20-37-28-29(40)38-33(36)39-30(28)41/h8-10,12-13,16,20-24,27H,7,11,14-15,17-19,35H2,1-6H3,(H3,36,38,39,41)/b25-16-/t23-,24+,27+,34-,49-/m0/s1. The van der Waals surface area contributed by atoms with Crippen molar-refractivity contribution in [3.8, 4) is 5.75 Å². The first kappa shape index (κ1) is 37.8. The fourth-order valence-electron chi connectivity index (χ4n) is 5.44. The number of benzene rings is 1. The molecule has 0 unspecified atom stereocenters. The molecule has 1 aliphatic carbocycles. The molecule has 1 aromatic carbocycles. The predicted molar refractivity (Wildman–Crippen MR) is 187 cm³/mol. The maximum Gasteiger partial charge on any atom is 0.380 e. The van der Waals surface area contributed by atoms with Crippen LogP contribution in [-0.2, 0) is 28.2 Å². The number of esters is 2. The number of aromatic nitrogens is 4. The first-order valence-corrected chi connectivity index (χ1v) is 18.4. The molecule has 1 saturated carbocycles. The molecule has 5 N–H and O–H groups in total. The number of nitrogens with two attached hydrogens (primary N) is 2. The van der Waals surface area contributed by atoms with Crippen LogP contribution in [0.25, 0.3) is 17.4 Å². The molecule has 0 bridgehead atoms. The van der Waals surface area contributed by atoms with Gasteiger partial charge in [0.25, 0.3) is 5.56 Å². The summed E-state index contributed by atoms with van der Waals surface area (Å²) in [5, 5.41) is 0. The lowest BCUT2D eigenvalue weighted by Gasteiger charge is -2.27. The van der Waals surface area contributed by atoms with Crippen LogP contribution in [0.4, 0.5) is 5.95 Å². The van der Waals surface area contributed by atoms with Gasteiger partial charge in [0.15, 0.2) is 11.2 Å². The zero-order chi connectivity index (χ0) is 35.9. The van der Waals surface area contributed by atoms with Gasteiger partial charge in [0.1, 0.15) is 24.7 Å². The summed E-state index contributed by atoms with van der Waals surface area (Å²) >= 11 is 0. The van der Waals surface area contributed by atoms with Crippen molar-refractivity contribution in [3.05, 3.63) is 52.6 Å². The predicted octanol–water partition coefficient (Wildman–Crippen LogP) is 5.14. The highest BCUT2D eigenvalue weighted by Crippen LogP contribution is 2.58. The van der Waals surface area contributed by atoms with Gasteiger partial charge in [0, 0.05) is 6.20 Å². The van der Waals surface area contributed by atoms with Crippen LogP contribution in [-0.4, -0.2) is 63.0 Å². The summed E-state index contributed by atoms with van der Waals surface area (Å²) in [4.78, 5) is 49.4. The van der Waals surface area contributed by atoms with Crippen molar-refractivity contribution < 1.29 is 32.7 Å². The number of carbonyl (C=O) groups excluding carboxylic acids is 2. The van der Waals surface area contributed by atoms with Gasteiger partial charge in [-0.3, -0.25) is 28.5 Å². The van der Waals surface area contributed by atoms with Crippen LogP contribution in [0.1, 0.15) is 67.2 Å². The van der Waals surface area contributed by atoms with E-state index in [-0.39, 0.29) is 54.4 Å². The maximum atomic E-state index is 14.7. The van der Waals surface area contributed by atoms with Gasteiger partial charge < -0.3 is 25.5 Å². The molecule has 0 amide bonds. The topological polar surface area (TPSA) is 204 Å². The lowest BCUT2D eigenvalue weighted by Crippen LogP contribution is -2.38. The smallest absolute Gasteiger partial charge is 0.380 e. The number of imidazole rings is 1. The number of nitrogen functional groups attached to an aromatic ring is 1. The Bertz CT molecular complexity index is 1740. The molecule has 14 nitrogen and oxygen atoms in total. The summed E-state index contributed by atoms with van der Waals surface area (Å²) in [7, 11) is -4.04. The van der Waals surface area contributed by atoms with Crippen molar-refractivity contribution in [3.63, 3.8) is 0 Å². The summed E-state index contributed by atoms with van der Waals surface area (Å²) in [5.41, 5.74) is 11.5. The third-order valence-corrected chi connectivity index (χ3v) is 10.3. The fraction of sp³-hybridized carbons (Fsp3) is 0.559. The molecule has 0 aliphatic heterocycles. The van der Waals surface area contributed by atoms with E-state index in [1.807, 2.05) is 41.5 Å². The van der Waals surface area contributed by atoms with Crippen molar-refractivity contribution >= 4 is 42.8 Å². The second kappa shape index (κ2) is 16.1. The Kier molecular flexibility index (Phi) is 12.5. The largest absolute Gasteiger partial charge is 0.463 e. The number of carbonyl (C=O) groups is 2. The summed E-state index contributed by atoms with van der Waals surface area (Å²) in [6.07, 6.45) is 4.96. The van der Waals surface area contributed by atoms with E-state index in [2.05, 4.69) is 15.0 Å². The normalized spacial score (nSPS) is 19.8. The number of para-hydroxylation sites is 1. The molecular weight excluding hydrogens is 651 g/mol. The van der Waals surface area contributed by atoms with Crippen LogP contribution in [0.2, 0.25) is 0 Å². The Hall–Kier alpha value is -4.00. The lowest BCUT2D eigenvalue weighted by atomic mass is 9.99. The molecule has 1 fully saturated rings. The highest BCUT2D eigenvalue weighted by molar-refractivity contribution is 7.54. The maximum absolute atomic E-state index is 14.7. The number of rotatable bonds is 18. The molecule has 0 spiro atoms. The number of hydrogen-bond acceptors (Lipinski definition) is 12. The summed E-state index contributed by atoms with van der Waals surface area (Å²) in [6, 6.07) is 7.77. The quantitative estimate of drug-likeness (QED) is 0.117. The van der Waals surface area contributed by atoms with Crippen molar-refractivity contribution in [2.24, 2.45) is 28.9 Å².